The van der Waals surface area contributed by atoms with Crippen molar-refractivity contribution in [3.63, 3.8) is 0 Å². The first-order valence-electron chi connectivity index (χ1n) is 8.90. The van der Waals surface area contributed by atoms with Crippen LogP contribution in [0.4, 0.5) is 5.69 Å². The normalized spacial score (nSPS) is 17.4. The molecule has 4 rings (SSSR count). The van der Waals surface area contributed by atoms with Gasteiger partial charge in [-0.15, -0.1) is 0 Å². The zero-order valence-electron chi connectivity index (χ0n) is 14.3. The maximum Gasteiger partial charge on any atom is 0.251 e. The number of anilines is 1. The van der Waals surface area contributed by atoms with E-state index in [0.29, 0.717) is 24.3 Å². The van der Waals surface area contributed by atoms with Gasteiger partial charge in [0.05, 0.1) is 6.04 Å². The molecule has 4 nitrogen and oxygen atoms in total. The largest absolute Gasteiger partial charge is 0.345 e. The maximum atomic E-state index is 12.8. The van der Waals surface area contributed by atoms with Crippen molar-refractivity contribution in [3.05, 3.63) is 64.7 Å². The minimum atomic E-state index is -0.0443. The molecule has 1 fully saturated rings. The number of fused-ring (bicyclic) bond motifs is 1. The Kier molecular flexibility index (Phi) is 4.04. The molecule has 2 amide bonds. The third-order valence-electron chi connectivity index (χ3n) is 5.08. The summed E-state index contributed by atoms with van der Waals surface area (Å²) in [6.07, 6.45) is 3.49. The van der Waals surface area contributed by atoms with Gasteiger partial charge in [0, 0.05) is 17.7 Å². The Balaban J connectivity index is 1.54. The Hall–Kier alpha value is -2.62. The van der Waals surface area contributed by atoms with Gasteiger partial charge in [0.25, 0.3) is 5.91 Å². The summed E-state index contributed by atoms with van der Waals surface area (Å²) in [7, 11) is 0. The average molecular weight is 334 g/mol. The second kappa shape index (κ2) is 6.36. The fourth-order valence-electron chi connectivity index (χ4n) is 3.43. The smallest absolute Gasteiger partial charge is 0.251 e. The summed E-state index contributed by atoms with van der Waals surface area (Å²) >= 11 is 0. The van der Waals surface area contributed by atoms with Crippen molar-refractivity contribution in [2.45, 2.75) is 38.6 Å². The van der Waals surface area contributed by atoms with Crippen LogP contribution in [0.5, 0.6) is 0 Å². The van der Waals surface area contributed by atoms with E-state index in [9.17, 15) is 9.59 Å². The molecule has 25 heavy (non-hydrogen) atoms. The van der Waals surface area contributed by atoms with E-state index >= 15 is 0 Å². The van der Waals surface area contributed by atoms with Crippen molar-refractivity contribution in [2.75, 3.05) is 5.32 Å². The topological polar surface area (TPSA) is 58.2 Å². The number of carbonyl (C=O) groups excluding carboxylic acids is 2. The Morgan fingerprint density at radius 1 is 1.12 bits per heavy atom. The highest BCUT2D eigenvalue weighted by Gasteiger charge is 2.33. The Labute approximate surface area is 147 Å². The van der Waals surface area contributed by atoms with Crippen molar-refractivity contribution in [1.82, 2.24) is 5.32 Å². The summed E-state index contributed by atoms with van der Waals surface area (Å²) in [5, 5.41) is 6.08. The third-order valence-corrected chi connectivity index (χ3v) is 5.08. The van der Waals surface area contributed by atoms with Gasteiger partial charge >= 0.3 is 0 Å². The molecule has 1 aliphatic heterocycles. The van der Waals surface area contributed by atoms with E-state index in [1.807, 2.05) is 12.1 Å². The summed E-state index contributed by atoms with van der Waals surface area (Å²) in [4.78, 5) is 24.2. The molecule has 128 valence electrons. The van der Waals surface area contributed by atoms with Crippen LogP contribution in [-0.2, 0) is 11.2 Å². The molecule has 2 N–H and O–H groups in total. The van der Waals surface area contributed by atoms with Crippen LogP contribution in [-0.4, -0.2) is 11.8 Å². The summed E-state index contributed by atoms with van der Waals surface area (Å²) in [5.74, 6) is 0.526. The van der Waals surface area contributed by atoms with Crippen LogP contribution in [0.15, 0.2) is 42.5 Å². The second-order valence-corrected chi connectivity index (χ2v) is 7.12. The molecule has 0 bridgehead atoms. The van der Waals surface area contributed by atoms with Crippen LogP contribution in [0.1, 0.15) is 52.4 Å². The Morgan fingerprint density at radius 2 is 1.88 bits per heavy atom. The van der Waals surface area contributed by atoms with Crippen molar-refractivity contribution in [2.24, 2.45) is 5.92 Å². The molecule has 0 spiro atoms. The molecule has 0 saturated heterocycles. The van der Waals surface area contributed by atoms with E-state index in [0.717, 1.165) is 24.1 Å². The highest BCUT2D eigenvalue weighted by Crippen LogP contribution is 2.41. The second-order valence-electron chi connectivity index (χ2n) is 7.12. The molecule has 2 aromatic rings. The van der Waals surface area contributed by atoms with E-state index in [1.165, 1.54) is 11.1 Å². The van der Waals surface area contributed by atoms with Gasteiger partial charge in [-0.3, -0.25) is 9.59 Å². The molecule has 4 heteroatoms. The van der Waals surface area contributed by atoms with Crippen LogP contribution < -0.4 is 10.6 Å². The lowest BCUT2D eigenvalue weighted by Gasteiger charge is -2.21. The molecule has 1 aliphatic carbocycles. The monoisotopic (exact) mass is 334 g/mol. The fourth-order valence-corrected chi connectivity index (χ4v) is 3.43. The first-order valence-corrected chi connectivity index (χ1v) is 8.90. The Bertz CT molecular complexity index is 822. The van der Waals surface area contributed by atoms with Crippen molar-refractivity contribution < 1.29 is 9.59 Å². The van der Waals surface area contributed by atoms with Crippen LogP contribution in [0.25, 0.3) is 0 Å². The quantitative estimate of drug-likeness (QED) is 0.894. The molecule has 1 atom stereocenters. The van der Waals surface area contributed by atoms with Gasteiger partial charge < -0.3 is 10.6 Å². The standard InChI is InChI=1S/C21H22N2O2/c1-13-2-4-14(5-3-13)20(15-6-7-15)23-21(25)17-8-10-18-16(12-17)9-11-19(24)22-18/h2-5,8,10,12,15,20H,6-7,9,11H2,1H3,(H,22,24)(H,23,25). The summed E-state index contributed by atoms with van der Waals surface area (Å²) < 4.78 is 0. The predicted molar refractivity (Wildman–Crippen MR) is 97.5 cm³/mol. The van der Waals surface area contributed by atoms with E-state index in [2.05, 4.69) is 41.8 Å². The van der Waals surface area contributed by atoms with E-state index < -0.39 is 0 Å². The summed E-state index contributed by atoms with van der Waals surface area (Å²) in [6.45, 7) is 2.07. The molecular weight excluding hydrogens is 312 g/mol. The zero-order chi connectivity index (χ0) is 17.4. The maximum absolute atomic E-state index is 12.8. The lowest BCUT2D eigenvalue weighted by Crippen LogP contribution is -2.30. The summed E-state index contributed by atoms with van der Waals surface area (Å²) in [6, 6.07) is 14.0. The fraction of sp³-hybridized carbons (Fsp3) is 0.333. The van der Waals surface area contributed by atoms with Crippen LogP contribution in [0, 0.1) is 12.8 Å². The number of benzene rings is 2. The molecule has 2 aromatic carbocycles. The van der Waals surface area contributed by atoms with E-state index in [4.69, 9.17) is 0 Å². The van der Waals surface area contributed by atoms with E-state index in [1.54, 1.807) is 6.07 Å². The number of hydrogen-bond donors (Lipinski definition) is 2. The van der Waals surface area contributed by atoms with Gasteiger partial charge in [0.1, 0.15) is 0 Å². The number of hydrogen-bond acceptors (Lipinski definition) is 2. The average Bonchev–Trinajstić information content (AvgIpc) is 3.45. The highest BCUT2D eigenvalue weighted by atomic mass is 16.2. The van der Waals surface area contributed by atoms with Gasteiger partial charge in [0.2, 0.25) is 5.91 Å². The molecule has 1 unspecified atom stereocenters. The van der Waals surface area contributed by atoms with Gasteiger partial charge in [-0.05, 0) is 61.4 Å². The SMILES string of the molecule is Cc1ccc(C(NC(=O)c2ccc3c(c2)CCC(=O)N3)C2CC2)cc1. The minimum Gasteiger partial charge on any atom is -0.345 e. The minimum absolute atomic E-state index is 0.0397. The third kappa shape index (κ3) is 3.43. The van der Waals surface area contributed by atoms with Gasteiger partial charge in [-0.2, -0.15) is 0 Å². The first-order chi connectivity index (χ1) is 12.1. The number of amides is 2. The van der Waals surface area contributed by atoms with Crippen LogP contribution in [0.3, 0.4) is 0 Å². The number of carbonyl (C=O) groups is 2. The molecule has 0 radical (unpaired) electrons. The lowest BCUT2D eigenvalue weighted by molar-refractivity contribution is -0.116. The van der Waals surface area contributed by atoms with Gasteiger partial charge in [-0.1, -0.05) is 29.8 Å². The first kappa shape index (κ1) is 15.9. The zero-order valence-corrected chi connectivity index (χ0v) is 14.3. The Morgan fingerprint density at radius 3 is 2.60 bits per heavy atom. The van der Waals surface area contributed by atoms with Crippen molar-refractivity contribution >= 4 is 17.5 Å². The van der Waals surface area contributed by atoms with Gasteiger partial charge in [0.15, 0.2) is 0 Å². The van der Waals surface area contributed by atoms with Crippen LogP contribution in [0.2, 0.25) is 0 Å². The molecule has 1 saturated carbocycles. The molecule has 1 heterocycles. The number of nitrogens with one attached hydrogen (secondary N) is 2. The molecule has 2 aliphatic rings. The number of aryl methyl sites for hydroxylation is 2. The predicted octanol–water partition coefficient (Wildman–Crippen LogP) is 3.76. The molecule has 0 aromatic heterocycles. The highest BCUT2D eigenvalue weighted by molar-refractivity contribution is 5.98. The van der Waals surface area contributed by atoms with Gasteiger partial charge in [-0.25, -0.2) is 0 Å². The van der Waals surface area contributed by atoms with Crippen molar-refractivity contribution in [3.8, 4) is 0 Å². The summed E-state index contributed by atoms with van der Waals surface area (Å²) in [5.41, 5.74) is 4.91. The van der Waals surface area contributed by atoms with Crippen LogP contribution >= 0.6 is 0 Å². The van der Waals surface area contributed by atoms with Crippen molar-refractivity contribution in [1.29, 1.82) is 0 Å². The lowest BCUT2D eigenvalue weighted by atomic mass is 9.98. The number of rotatable bonds is 4. The molecular formula is C21H22N2O2. The van der Waals surface area contributed by atoms with E-state index in [-0.39, 0.29) is 17.9 Å².